The largest absolute Gasteiger partial charge is 0.463 e. The van der Waals surface area contributed by atoms with Crippen LogP contribution in [0.1, 0.15) is 39.3 Å². The van der Waals surface area contributed by atoms with Crippen LogP contribution in [0.25, 0.3) is 0 Å². The minimum Gasteiger partial charge on any atom is -0.463 e. The highest BCUT2D eigenvalue weighted by molar-refractivity contribution is 7.96. The van der Waals surface area contributed by atoms with Crippen molar-refractivity contribution in [2.75, 3.05) is 6.61 Å². The number of rotatable bonds is 8. The fraction of sp³-hybridized carbons (Fsp3) is 0.206. The molecule has 0 spiro atoms. The predicted octanol–water partition coefficient (Wildman–Crippen LogP) is 5.98. The quantitative estimate of drug-likeness (QED) is 0.215. The lowest BCUT2D eigenvalue weighted by atomic mass is 10.0. The fourth-order valence-corrected chi connectivity index (χ4v) is 9.38. The van der Waals surface area contributed by atoms with Gasteiger partial charge in [0.25, 0.3) is 0 Å². The van der Waals surface area contributed by atoms with Gasteiger partial charge in [-0.05, 0) is 56.1 Å². The van der Waals surface area contributed by atoms with Crippen molar-refractivity contribution in [1.29, 1.82) is 0 Å². The Hall–Kier alpha value is -4.08. The van der Waals surface area contributed by atoms with Crippen LogP contribution in [-0.2, 0) is 14.3 Å². The van der Waals surface area contributed by atoms with E-state index in [9.17, 15) is 9.59 Å². The lowest BCUT2D eigenvalue weighted by Gasteiger charge is -2.35. The first-order valence-electron chi connectivity index (χ1n) is 13.4. The van der Waals surface area contributed by atoms with E-state index in [0.29, 0.717) is 5.29 Å². The number of benzene rings is 4. The maximum absolute atomic E-state index is 14.4. The van der Waals surface area contributed by atoms with Gasteiger partial charge < -0.3 is 14.8 Å². The average Bonchev–Trinajstić information content (AvgIpc) is 2.96. The second-order valence-electron chi connectivity index (χ2n) is 10.3. The molecular formula is C34H36NO4P. The molecule has 206 valence electrons. The third-order valence-electron chi connectivity index (χ3n) is 6.34. The number of ether oxygens (including phenoxy) is 2. The summed E-state index contributed by atoms with van der Waals surface area (Å²) in [6.45, 7) is 4.52. The Morgan fingerprint density at radius 2 is 1.10 bits per heavy atom. The third-order valence-corrected chi connectivity index (χ3v) is 10.7. The van der Waals surface area contributed by atoms with Crippen molar-refractivity contribution < 1.29 is 19.1 Å². The molecule has 40 heavy (non-hydrogen) atoms. The zero-order valence-electron chi connectivity index (χ0n) is 23.4. The van der Waals surface area contributed by atoms with Gasteiger partial charge in [0.2, 0.25) is 0 Å². The summed E-state index contributed by atoms with van der Waals surface area (Å²) in [6, 6.07) is 38.8. The number of nitrogens with one attached hydrogen (secondary N) is 1. The molecule has 0 aliphatic carbocycles. The van der Waals surface area contributed by atoms with Crippen molar-refractivity contribution >= 4 is 40.2 Å². The van der Waals surface area contributed by atoms with Gasteiger partial charge in [-0.15, -0.1) is 0 Å². The highest BCUT2D eigenvalue weighted by Gasteiger charge is 2.39. The zero-order valence-corrected chi connectivity index (χ0v) is 24.3. The summed E-state index contributed by atoms with van der Waals surface area (Å²) in [5.74, 6) is -0.461. The molecule has 0 saturated heterocycles. The molecule has 0 aromatic heterocycles. The number of hydrogen-bond donors (Lipinski definition) is 1. The van der Waals surface area contributed by atoms with Crippen molar-refractivity contribution in [2.24, 2.45) is 0 Å². The molecule has 0 saturated carbocycles. The van der Waals surface area contributed by atoms with Crippen molar-refractivity contribution in [3.05, 3.63) is 127 Å². The van der Waals surface area contributed by atoms with Crippen LogP contribution in [0, 0.1) is 0 Å². The van der Waals surface area contributed by atoms with Gasteiger partial charge in [0.1, 0.15) is 5.60 Å². The standard InChI is InChI=1S/C34H36NO4P/c1-5-38-32(36)31(30(26-18-10-6-11-19-26)35-33(37)39-34(2,3)4)40(27-20-12-7-13-21-27,28-22-14-8-15-23-28)29-24-16-9-17-25-29/h6-25,30H,5H2,1-4H3,(H,35,37)/t30-/m1/s1. The summed E-state index contributed by atoms with van der Waals surface area (Å²) in [6.07, 6.45) is -0.615. The molecular weight excluding hydrogens is 517 g/mol. The Morgan fingerprint density at radius 1 is 0.700 bits per heavy atom. The number of hydrogen-bond acceptors (Lipinski definition) is 4. The Labute approximate surface area is 237 Å². The minimum atomic E-state index is -2.91. The fourth-order valence-electron chi connectivity index (χ4n) is 4.85. The molecule has 0 unspecified atom stereocenters. The molecule has 6 heteroatoms. The van der Waals surface area contributed by atoms with Gasteiger partial charge in [-0.3, -0.25) is 0 Å². The first-order valence-corrected chi connectivity index (χ1v) is 15.2. The molecule has 0 heterocycles. The summed E-state index contributed by atoms with van der Waals surface area (Å²) < 4.78 is 11.5. The molecule has 1 N–H and O–H groups in total. The molecule has 4 aromatic rings. The van der Waals surface area contributed by atoms with Crippen molar-refractivity contribution in [2.45, 2.75) is 39.3 Å². The molecule has 4 aromatic carbocycles. The highest BCUT2D eigenvalue weighted by Crippen LogP contribution is 2.49. The van der Waals surface area contributed by atoms with Gasteiger partial charge >= 0.3 is 12.1 Å². The molecule has 4 rings (SSSR count). The molecule has 0 aliphatic rings. The first kappa shape index (κ1) is 28.9. The normalized spacial score (nSPS) is 12.2. The van der Waals surface area contributed by atoms with Gasteiger partial charge in [-0.25, -0.2) is 9.59 Å². The van der Waals surface area contributed by atoms with Crippen LogP contribution >= 0.6 is 6.89 Å². The number of carbonyl (C=O) groups excluding carboxylic acids is 2. The van der Waals surface area contributed by atoms with Crippen molar-refractivity contribution in [3.8, 4) is 0 Å². The smallest absolute Gasteiger partial charge is 0.408 e. The van der Waals surface area contributed by atoms with Gasteiger partial charge in [0, 0.05) is 0 Å². The number of amides is 1. The first-order chi connectivity index (χ1) is 19.3. The Kier molecular flexibility index (Phi) is 9.29. The molecule has 5 nitrogen and oxygen atoms in total. The van der Waals surface area contributed by atoms with E-state index in [0.717, 1.165) is 21.5 Å². The summed E-state index contributed by atoms with van der Waals surface area (Å²) in [4.78, 5) is 27.7. The SMILES string of the molecule is CCOC(=O)C([C@H](NC(=O)OC(C)(C)C)c1ccccc1)=P(c1ccccc1)(c1ccccc1)c1ccccc1. The Bertz CT molecular complexity index is 1360. The summed E-state index contributed by atoms with van der Waals surface area (Å²) in [5.41, 5.74) is 0.0310. The van der Waals surface area contributed by atoms with E-state index in [1.165, 1.54) is 0 Å². The van der Waals surface area contributed by atoms with Crippen LogP contribution in [0.15, 0.2) is 121 Å². The van der Waals surface area contributed by atoms with Gasteiger partial charge in [0.05, 0.1) is 17.9 Å². The second kappa shape index (κ2) is 12.8. The zero-order chi connectivity index (χ0) is 28.6. The molecule has 0 aliphatic heterocycles. The number of alkyl carbamates (subject to hydrolysis) is 1. The highest BCUT2D eigenvalue weighted by atomic mass is 31.2. The van der Waals surface area contributed by atoms with Crippen LogP contribution < -0.4 is 21.2 Å². The third kappa shape index (κ3) is 6.38. The molecule has 1 atom stereocenters. The Balaban J connectivity index is 2.22. The summed E-state index contributed by atoms with van der Waals surface area (Å²) in [7, 11) is 0. The van der Waals surface area contributed by atoms with Gasteiger partial charge in [-0.2, -0.15) is 0 Å². The van der Waals surface area contributed by atoms with Crippen LogP contribution in [0.4, 0.5) is 4.79 Å². The predicted molar refractivity (Wildman–Crippen MR) is 165 cm³/mol. The summed E-state index contributed by atoms with van der Waals surface area (Å²) in [5, 5.41) is 6.46. The van der Waals surface area contributed by atoms with E-state index in [2.05, 4.69) is 41.7 Å². The van der Waals surface area contributed by atoms with Crippen LogP contribution in [0.5, 0.6) is 0 Å². The minimum absolute atomic E-state index is 0.189. The van der Waals surface area contributed by atoms with Crippen LogP contribution in [-0.4, -0.2) is 29.6 Å². The molecule has 0 fully saturated rings. The van der Waals surface area contributed by atoms with E-state index in [4.69, 9.17) is 9.47 Å². The van der Waals surface area contributed by atoms with Gasteiger partial charge in [0.15, 0.2) is 0 Å². The van der Waals surface area contributed by atoms with Crippen molar-refractivity contribution in [1.82, 2.24) is 5.32 Å². The van der Waals surface area contributed by atoms with Gasteiger partial charge in [-0.1, -0.05) is 121 Å². The average molecular weight is 554 g/mol. The topological polar surface area (TPSA) is 64.6 Å². The van der Waals surface area contributed by atoms with Crippen LogP contribution in [0.2, 0.25) is 0 Å². The lowest BCUT2D eigenvalue weighted by Crippen LogP contribution is -2.44. The van der Waals surface area contributed by atoms with Crippen LogP contribution in [0.3, 0.4) is 0 Å². The molecule has 0 radical (unpaired) electrons. The molecule has 0 bridgehead atoms. The molecule has 1 amide bonds. The second-order valence-corrected chi connectivity index (χ2v) is 13.6. The van der Waals surface area contributed by atoms with E-state index >= 15 is 0 Å². The maximum atomic E-state index is 14.4. The van der Waals surface area contributed by atoms with E-state index in [1.807, 2.05) is 106 Å². The lowest BCUT2D eigenvalue weighted by molar-refractivity contribution is -0.135. The van der Waals surface area contributed by atoms with E-state index < -0.39 is 30.6 Å². The van der Waals surface area contributed by atoms with E-state index in [-0.39, 0.29) is 6.61 Å². The number of carbonyl (C=O) groups is 2. The van der Waals surface area contributed by atoms with E-state index in [1.54, 1.807) is 6.92 Å². The summed E-state index contributed by atoms with van der Waals surface area (Å²) >= 11 is 0. The Morgan fingerprint density at radius 3 is 1.48 bits per heavy atom. The monoisotopic (exact) mass is 553 g/mol. The maximum Gasteiger partial charge on any atom is 0.408 e. The van der Waals surface area contributed by atoms with Crippen molar-refractivity contribution in [3.63, 3.8) is 0 Å². The number of esters is 1.